The van der Waals surface area contributed by atoms with E-state index in [1.165, 1.54) is 0 Å². The van der Waals surface area contributed by atoms with Crippen molar-refractivity contribution in [3.05, 3.63) is 0 Å². The van der Waals surface area contributed by atoms with Gasteiger partial charge >= 0.3 is 0 Å². The van der Waals surface area contributed by atoms with Crippen LogP contribution in [0.1, 0.15) is 47.5 Å². The van der Waals surface area contributed by atoms with Crippen molar-refractivity contribution < 1.29 is 9.59 Å². The van der Waals surface area contributed by atoms with Crippen LogP contribution in [0, 0.1) is 17.8 Å². The highest BCUT2D eigenvalue weighted by Gasteiger charge is 2.33. The lowest BCUT2D eigenvalue weighted by molar-refractivity contribution is -0.141. The zero-order valence-corrected chi connectivity index (χ0v) is 14.0. The van der Waals surface area contributed by atoms with Crippen LogP contribution in [0.4, 0.5) is 0 Å². The molecule has 1 amide bonds. The normalized spacial score (nSPS) is 14.2. The van der Waals surface area contributed by atoms with E-state index in [1.807, 2.05) is 18.9 Å². The van der Waals surface area contributed by atoms with Gasteiger partial charge < -0.3 is 10.2 Å². The van der Waals surface area contributed by atoms with Gasteiger partial charge in [-0.15, -0.1) is 0 Å². The molecular formula is C16H32N2O2. The third-order valence-corrected chi connectivity index (χ3v) is 3.66. The molecule has 0 aromatic rings. The maximum absolute atomic E-state index is 12.8. The first-order valence-corrected chi connectivity index (χ1v) is 7.82. The molecule has 0 spiro atoms. The Labute approximate surface area is 124 Å². The molecule has 4 heteroatoms. The van der Waals surface area contributed by atoms with E-state index in [1.54, 1.807) is 6.92 Å². The van der Waals surface area contributed by atoms with Crippen LogP contribution in [0.3, 0.4) is 0 Å². The Morgan fingerprint density at radius 2 is 1.75 bits per heavy atom. The standard InChI is InChI=1S/C16H32N2O2/c1-7-9-18(8-2)16(20)14(10-12(3)4)15(11-17-6)13(5)19/h12,14-15,17H,7-11H2,1-6H3/t14-,15-/m1/s1. The van der Waals surface area contributed by atoms with Crippen molar-refractivity contribution in [1.82, 2.24) is 10.2 Å². The quantitative estimate of drug-likeness (QED) is 0.670. The van der Waals surface area contributed by atoms with Gasteiger partial charge in [-0.2, -0.15) is 0 Å². The number of Topliss-reactive ketones (excluding diaryl/α,β-unsaturated/α-hetero) is 1. The second-order valence-corrected chi connectivity index (χ2v) is 5.93. The molecule has 0 aliphatic rings. The summed E-state index contributed by atoms with van der Waals surface area (Å²) in [6, 6.07) is 0. The number of hydrogen-bond acceptors (Lipinski definition) is 3. The molecule has 0 aliphatic heterocycles. The lowest BCUT2D eigenvalue weighted by atomic mass is 9.82. The van der Waals surface area contributed by atoms with Gasteiger partial charge in [0.15, 0.2) is 0 Å². The summed E-state index contributed by atoms with van der Waals surface area (Å²) >= 11 is 0. The summed E-state index contributed by atoms with van der Waals surface area (Å²) in [6.07, 6.45) is 1.72. The van der Waals surface area contributed by atoms with Crippen molar-refractivity contribution in [1.29, 1.82) is 0 Å². The molecule has 0 heterocycles. The smallest absolute Gasteiger partial charge is 0.226 e. The van der Waals surface area contributed by atoms with Crippen LogP contribution in [0.2, 0.25) is 0 Å². The van der Waals surface area contributed by atoms with Crippen LogP contribution in [0.15, 0.2) is 0 Å². The average Bonchev–Trinajstić information content (AvgIpc) is 2.38. The van der Waals surface area contributed by atoms with E-state index in [2.05, 4.69) is 26.1 Å². The second-order valence-electron chi connectivity index (χ2n) is 5.93. The van der Waals surface area contributed by atoms with Gasteiger partial charge in [-0.1, -0.05) is 20.8 Å². The van der Waals surface area contributed by atoms with Gasteiger partial charge in [0.05, 0.1) is 0 Å². The second kappa shape index (κ2) is 9.92. The molecule has 20 heavy (non-hydrogen) atoms. The van der Waals surface area contributed by atoms with Gasteiger partial charge in [-0.05, 0) is 39.7 Å². The van der Waals surface area contributed by atoms with E-state index in [0.717, 1.165) is 19.4 Å². The molecule has 0 aromatic heterocycles. The molecule has 118 valence electrons. The van der Waals surface area contributed by atoms with E-state index in [0.29, 0.717) is 19.0 Å². The number of carbonyl (C=O) groups excluding carboxylic acids is 2. The monoisotopic (exact) mass is 284 g/mol. The van der Waals surface area contributed by atoms with E-state index >= 15 is 0 Å². The summed E-state index contributed by atoms with van der Waals surface area (Å²) in [7, 11) is 1.83. The summed E-state index contributed by atoms with van der Waals surface area (Å²) < 4.78 is 0. The van der Waals surface area contributed by atoms with Crippen LogP contribution in [0.25, 0.3) is 0 Å². The number of ketones is 1. The number of amides is 1. The zero-order valence-electron chi connectivity index (χ0n) is 14.0. The molecule has 0 unspecified atom stereocenters. The number of rotatable bonds is 10. The first kappa shape index (κ1) is 19.1. The van der Waals surface area contributed by atoms with E-state index in [9.17, 15) is 9.59 Å². The molecule has 0 aromatic carbocycles. The molecule has 0 saturated carbocycles. The lowest BCUT2D eigenvalue weighted by Gasteiger charge is -2.31. The molecule has 4 nitrogen and oxygen atoms in total. The fourth-order valence-corrected chi connectivity index (χ4v) is 2.66. The summed E-state index contributed by atoms with van der Waals surface area (Å²) in [6.45, 7) is 11.9. The highest BCUT2D eigenvalue weighted by Crippen LogP contribution is 2.24. The van der Waals surface area contributed by atoms with Gasteiger partial charge in [0.25, 0.3) is 0 Å². The summed E-state index contributed by atoms with van der Waals surface area (Å²) in [4.78, 5) is 26.6. The fraction of sp³-hybridized carbons (Fsp3) is 0.875. The third-order valence-electron chi connectivity index (χ3n) is 3.66. The molecular weight excluding hydrogens is 252 g/mol. The zero-order chi connectivity index (χ0) is 15.7. The molecule has 0 rings (SSSR count). The van der Waals surface area contributed by atoms with Crippen LogP contribution in [-0.2, 0) is 9.59 Å². The van der Waals surface area contributed by atoms with Crippen molar-refractivity contribution in [3.63, 3.8) is 0 Å². The Hall–Kier alpha value is -0.900. The number of nitrogens with one attached hydrogen (secondary N) is 1. The molecule has 0 bridgehead atoms. The van der Waals surface area contributed by atoms with E-state index < -0.39 is 0 Å². The Kier molecular flexibility index (Phi) is 9.47. The minimum Gasteiger partial charge on any atom is -0.343 e. The van der Waals surface area contributed by atoms with Gasteiger partial charge in [0, 0.05) is 31.5 Å². The van der Waals surface area contributed by atoms with Gasteiger partial charge in [-0.3, -0.25) is 9.59 Å². The first-order valence-electron chi connectivity index (χ1n) is 7.82. The molecule has 0 fully saturated rings. The molecule has 0 radical (unpaired) electrons. The molecule has 1 N–H and O–H groups in total. The summed E-state index contributed by atoms with van der Waals surface area (Å²) in [5, 5.41) is 3.06. The number of nitrogens with zero attached hydrogens (tertiary/aromatic N) is 1. The SMILES string of the molecule is CCCN(CC)C(=O)[C@H](CC(C)C)[C@H](CNC)C(C)=O. The largest absolute Gasteiger partial charge is 0.343 e. The maximum atomic E-state index is 12.8. The Morgan fingerprint density at radius 3 is 2.10 bits per heavy atom. The van der Waals surface area contributed by atoms with E-state index in [-0.39, 0.29) is 23.5 Å². The minimum atomic E-state index is -0.221. The first-order chi connectivity index (χ1) is 9.38. The summed E-state index contributed by atoms with van der Waals surface area (Å²) in [5.41, 5.74) is 0. The van der Waals surface area contributed by atoms with Crippen molar-refractivity contribution in [2.24, 2.45) is 17.8 Å². The van der Waals surface area contributed by atoms with Gasteiger partial charge in [-0.25, -0.2) is 0 Å². The minimum absolute atomic E-state index is 0.103. The van der Waals surface area contributed by atoms with Crippen LogP contribution >= 0.6 is 0 Å². The Morgan fingerprint density at radius 1 is 1.15 bits per heavy atom. The Balaban J connectivity index is 5.18. The third kappa shape index (κ3) is 6.04. The molecule has 0 saturated heterocycles. The van der Waals surface area contributed by atoms with Crippen LogP contribution in [0.5, 0.6) is 0 Å². The van der Waals surface area contributed by atoms with Crippen molar-refractivity contribution in [3.8, 4) is 0 Å². The molecule has 2 atom stereocenters. The highest BCUT2D eigenvalue weighted by atomic mass is 16.2. The van der Waals surface area contributed by atoms with Gasteiger partial charge in [0.1, 0.15) is 5.78 Å². The summed E-state index contributed by atoms with van der Waals surface area (Å²) in [5.74, 6) is 0.222. The lowest BCUT2D eigenvalue weighted by Crippen LogP contribution is -2.44. The van der Waals surface area contributed by atoms with Crippen molar-refractivity contribution >= 4 is 11.7 Å². The maximum Gasteiger partial charge on any atom is 0.226 e. The van der Waals surface area contributed by atoms with Crippen LogP contribution in [-0.4, -0.2) is 43.3 Å². The highest BCUT2D eigenvalue weighted by molar-refractivity contribution is 5.87. The number of hydrogen-bond donors (Lipinski definition) is 1. The van der Waals surface area contributed by atoms with Crippen LogP contribution < -0.4 is 5.32 Å². The predicted octanol–water partition coefficient (Wildman–Crippen LogP) is 2.33. The van der Waals surface area contributed by atoms with Crippen molar-refractivity contribution in [2.75, 3.05) is 26.7 Å². The topological polar surface area (TPSA) is 49.4 Å². The fourth-order valence-electron chi connectivity index (χ4n) is 2.66. The van der Waals surface area contributed by atoms with E-state index in [4.69, 9.17) is 0 Å². The molecule has 0 aliphatic carbocycles. The van der Waals surface area contributed by atoms with Gasteiger partial charge in [0.2, 0.25) is 5.91 Å². The predicted molar refractivity (Wildman–Crippen MR) is 83.6 cm³/mol. The van der Waals surface area contributed by atoms with Crippen molar-refractivity contribution in [2.45, 2.75) is 47.5 Å². The number of carbonyl (C=O) groups is 2. The Bertz CT molecular complexity index is 303. The average molecular weight is 284 g/mol.